The van der Waals surface area contributed by atoms with E-state index in [-0.39, 0.29) is 23.5 Å². The third kappa shape index (κ3) is 3.84. The van der Waals surface area contributed by atoms with Gasteiger partial charge < -0.3 is 15.0 Å². The number of carbonyl (C=O) groups excluding carboxylic acids is 2. The molecule has 138 valence electrons. The van der Waals surface area contributed by atoms with Crippen molar-refractivity contribution in [1.82, 2.24) is 14.9 Å². The number of halogens is 2. The molecule has 1 atom stereocenters. The van der Waals surface area contributed by atoms with Crippen LogP contribution in [0.1, 0.15) is 47.7 Å². The maximum Gasteiger partial charge on any atom is 0.271 e. The standard InChI is InChI=1S/C14H13F2N3O2.C2H6.CH4O/c15-6-14(9-3-1-2-4-10(9)16)7-19-8-17-11(5-20)12(19)13(21)18-14;2*1-2/h3-5,8H,1-2,6-7H2,(H,18,21);1-2H3;2H,1H3. The Bertz CT molecular complexity index is 683. The van der Waals surface area contributed by atoms with Crippen LogP contribution in [0, 0.1) is 0 Å². The summed E-state index contributed by atoms with van der Waals surface area (Å²) in [5.41, 5.74) is -1.23. The molecule has 6 nitrogen and oxygen atoms in total. The molecule has 1 aliphatic heterocycles. The van der Waals surface area contributed by atoms with E-state index >= 15 is 0 Å². The first-order valence-corrected chi connectivity index (χ1v) is 8.01. The van der Waals surface area contributed by atoms with Gasteiger partial charge in [0, 0.05) is 12.7 Å². The van der Waals surface area contributed by atoms with Crippen LogP contribution >= 0.6 is 0 Å². The third-order valence-electron chi connectivity index (χ3n) is 3.83. The van der Waals surface area contributed by atoms with E-state index in [0.29, 0.717) is 19.1 Å². The number of carbonyl (C=O) groups is 2. The number of aliphatic hydroxyl groups excluding tert-OH is 1. The molecule has 3 rings (SSSR count). The van der Waals surface area contributed by atoms with Crippen LogP contribution in [-0.2, 0) is 6.54 Å². The molecule has 2 heterocycles. The number of imidazole rings is 1. The van der Waals surface area contributed by atoms with E-state index in [1.165, 1.54) is 17.0 Å². The van der Waals surface area contributed by atoms with E-state index in [1.54, 1.807) is 6.08 Å². The van der Waals surface area contributed by atoms with Crippen molar-refractivity contribution in [3.8, 4) is 0 Å². The topological polar surface area (TPSA) is 84.2 Å². The van der Waals surface area contributed by atoms with Gasteiger partial charge in [0.15, 0.2) is 6.29 Å². The van der Waals surface area contributed by atoms with Gasteiger partial charge in [0.2, 0.25) is 0 Å². The Labute approximate surface area is 145 Å². The van der Waals surface area contributed by atoms with Crippen molar-refractivity contribution < 1.29 is 23.5 Å². The zero-order chi connectivity index (χ0) is 19.0. The first-order valence-electron chi connectivity index (χ1n) is 8.01. The lowest BCUT2D eigenvalue weighted by atomic mass is 9.84. The third-order valence-corrected chi connectivity index (χ3v) is 3.83. The maximum atomic E-state index is 14.0. The molecule has 0 saturated heterocycles. The summed E-state index contributed by atoms with van der Waals surface area (Å²) in [6.45, 7) is 3.05. The molecule has 8 heteroatoms. The van der Waals surface area contributed by atoms with Gasteiger partial charge in [-0.3, -0.25) is 9.59 Å². The highest BCUT2D eigenvalue weighted by atomic mass is 19.1. The highest BCUT2D eigenvalue weighted by Gasteiger charge is 2.44. The second-order valence-electron chi connectivity index (χ2n) is 5.14. The van der Waals surface area contributed by atoms with E-state index in [1.807, 2.05) is 13.8 Å². The summed E-state index contributed by atoms with van der Waals surface area (Å²) in [7, 11) is 1.00. The summed E-state index contributed by atoms with van der Waals surface area (Å²) in [6.07, 6.45) is 5.91. The first-order chi connectivity index (χ1) is 12.1. The van der Waals surface area contributed by atoms with Crippen molar-refractivity contribution in [1.29, 1.82) is 0 Å². The number of alkyl halides is 1. The fourth-order valence-electron chi connectivity index (χ4n) is 2.83. The van der Waals surface area contributed by atoms with Crippen LogP contribution in [0.15, 0.2) is 29.9 Å². The molecule has 1 aromatic heterocycles. The Morgan fingerprint density at radius 2 is 2.00 bits per heavy atom. The summed E-state index contributed by atoms with van der Waals surface area (Å²) in [6, 6.07) is 0. The molecule has 0 fully saturated rings. The van der Waals surface area contributed by atoms with Gasteiger partial charge in [-0.1, -0.05) is 19.9 Å². The highest BCUT2D eigenvalue weighted by Crippen LogP contribution is 2.34. The predicted octanol–water partition coefficient (Wildman–Crippen LogP) is 2.36. The van der Waals surface area contributed by atoms with Crippen molar-refractivity contribution in [2.45, 2.75) is 38.8 Å². The molecule has 1 aliphatic carbocycles. The van der Waals surface area contributed by atoms with Crippen LogP contribution in [0.5, 0.6) is 0 Å². The average molecular weight is 355 g/mol. The molecule has 25 heavy (non-hydrogen) atoms. The molecule has 2 aliphatic rings. The summed E-state index contributed by atoms with van der Waals surface area (Å²) in [5.74, 6) is -1.14. The molecular weight excluding hydrogens is 332 g/mol. The van der Waals surface area contributed by atoms with E-state index < -0.39 is 23.9 Å². The van der Waals surface area contributed by atoms with Crippen molar-refractivity contribution in [3.63, 3.8) is 0 Å². The average Bonchev–Trinajstić information content (AvgIpc) is 3.08. The quantitative estimate of drug-likeness (QED) is 0.815. The number of aliphatic hydroxyl groups is 1. The lowest BCUT2D eigenvalue weighted by Crippen LogP contribution is -2.58. The van der Waals surface area contributed by atoms with Crippen molar-refractivity contribution in [2.75, 3.05) is 13.8 Å². The summed E-state index contributed by atoms with van der Waals surface area (Å²) in [4.78, 5) is 26.9. The van der Waals surface area contributed by atoms with Gasteiger partial charge in [-0.2, -0.15) is 0 Å². The van der Waals surface area contributed by atoms with Gasteiger partial charge in [-0.15, -0.1) is 0 Å². The summed E-state index contributed by atoms with van der Waals surface area (Å²) < 4.78 is 29.1. The van der Waals surface area contributed by atoms with Crippen molar-refractivity contribution >= 4 is 12.2 Å². The molecule has 2 N–H and O–H groups in total. The molecule has 0 bridgehead atoms. The van der Waals surface area contributed by atoms with Gasteiger partial charge in [0.1, 0.15) is 29.4 Å². The van der Waals surface area contributed by atoms with Crippen LogP contribution < -0.4 is 5.32 Å². The number of hydrogen-bond acceptors (Lipinski definition) is 4. The number of nitrogens with zero attached hydrogens (tertiary/aromatic N) is 2. The smallest absolute Gasteiger partial charge is 0.271 e. The first kappa shape index (κ1) is 20.7. The van der Waals surface area contributed by atoms with Gasteiger partial charge in [-0.25, -0.2) is 13.8 Å². The van der Waals surface area contributed by atoms with Gasteiger partial charge in [0.25, 0.3) is 5.91 Å². The number of hydrogen-bond donors (Lipinski definition) is 2. The highest BCUT2D eigenvalue weighted by molar-refractivity contribution is 6.00. The number of aromatic nitrogens is 2. The molecule has 0 saturated carbocycles. The van der Waals surface area contributed by atoms with Crippen LogP contribution in [-0.4, -0.2) is 46.2 Å². The zero-order valence-corrected chi connectivity index (χ0v) is 14.6. The summed E-state index contributed by atoms with van der Waals surface area (Å²) in [5, 5.41) is 9.51. The summed E-state index contributed by atoms with van der Waals surface area (Å²) >= 11 is 0. The number of aldehydes is 1. The minimum atomic E-state index is -1.45. The molecule has 1 amide bonds. The second kappa shape index (κ2) is 9.22. The maximum absolute atomic E-state index is 14.0. The number of amides is 1. The normalized spacial score (nSPS) is 21.3. The van der Waals surface area contributed by atoms with Crippen LogP contribution in [0.3, 0.4) is 0 Å². The Balaban J connectivity index is 0.000000730. The number of rotatable bonds is 3. The monoisotopic (exact) mass is 355 g/mol. The SMILES string of the molecule is CC.CO.O=Cc1ncn2c1C(=O)NC(CF)(C1=CCCC=C1F)C2. The van der Waals surface area contributed by atoms with Crippen LogP contribution in [0.2, 0.25) is 0 Å². The van der Waals surface area contributed by atoms with E-state index in [9.17, 15) is 18.4 Å². The molecule has 1 unspecified atom stereocenters. The predicted molar refractivity (Wildman–Crippen MR) is 89.8 cm³/mol. The van der Waals surface area contributed by atoms with Crippen LogP contribution in [0.4, 0.5) is 8.78 Å². The number of fused-ring (bicyclic) bond motifs is 1. The minimum Gasteiger partial charge on any atom is -0.400 e. The molecular formula is C17H23F2N3O3. The molecule has 0 spiro atoms. The van der Waals surface area contributed by atoms with Gasteiger partial charge in [-0.05, 0) is 18.9 Å². The molecule has 0 radical (unpaired) electrons. The fourth-order valence-corrected chi connectivity index (χ4v) is 2.83. The Morgan fingerprint density at radius 3 is 2.56 bits per heavy atom. The van der Waals surface area contributed by atoms with Gasteiger partial charge >= 0.3 is 0 Å². The van der Waals surface area contributed by atoms with Gasteiger partial charge in [0.05, 0.1) is 12.9 Å². The van der Waals surface area contributed by atoms with Crippen molar-refractivity contribution in [2.24, 2.45) is 0 Å². The second-order valence-corrected chi connectivity index (χ2v) is 5.14. The van der Waals surface area contributed by atoms with E-state index in [0.717, 1.165) is 7.11 Å². The van der Waals surface area contributed by atoms with E-state index in [2.05, 4.69) is 10.3 Å². The Kier molecular flexibility index (Phi) is 7.63. The lowest BCUT2D eigenvalue weighted by molar-refractivity contribution is 0.0833. The Hall–Kier alpha value is -2.35. The number of nitrogens with one attached hydrogen (secondary N) is 1. The fraction of sp³-hybridized carbons (Fsp3) is 0.471. The number of allylic oxidation sites excluding steroid dienone is 2. The molecule has 1 aromatic rings. The lowest BCUT2D eigenvalue weighted by Gasteiger charge is -2.38. The van der Waals surface area contributed by atoms with E-state index in [4.69, 9.17) is 5.11 Å². The van der Waals surface area contributed by atoms with Crippen molar-refractivity contribution in [3.05, 3.63) is 41.3 Å². The largest absolute Gasteiger partial charge is 0.400 e. The Morgan fingerprint density at radius 1 is 1.36 bits per heavy atom. The zero-order valence-electron chi connectivity index (χ0n) is 14.6. The molecule has 0 aromatic carbocycles. The minimum absolute atomic E-state index is 0.00148. The van der Waals surface area contributed by atoms with Crippen LogP contribution in [0.25, 0.3) is 0 Å².